The minimum atomic E-state index is -0.356. The van der Waals surface area contributed by atoms with Gasteiger partial charge in [0.25, 0.3) is 5.56 Å². The number of hydrogen-bond acceptors (Lipinski definition) is 4. The van der Waals surface area contributed by atoms with Gasteiger partial charge in [0.2, 0.25) is 5.95 Å². The van der Waals surface area contributed by atoms with Gasteiger partial charge in [0.15, 0.2) is 11.2 Å². The predicted molar refractivity (Wildman–Crippen MR) is 74.1 cm³/mol. The summed E-state index contributed by atoms with van der Waals surface area (Å²) in [5, 5.41) is 0.589. The number of hydrogen-bond donors (Lipinski definition) is 3. The maximum atomic E-state index is 11.7. The van der Waals surface area contributed by atoms with Crippen molar-refractivity contribution in [2.75, 3.05) is 5.73 Å². The Bertz CT molecular complexity index is 836. The third kappa shape index (κ3) is 1.86. The Balaban J connectivity index is 2.30. The smallest absolute Gasteiger partial charge is 0.278 e. The average molecular weight is 276 g/mol. The van der Waals surface area contributed by atoms with Crippen LogP contribution in [-0.2, 0) is 0 Å². The van der Waals surface area contributed by atoms with Crippen molar-refractivity contribution < 1.29 is 0 Å². The minimum Gasteiger partial charge on any atom is -0.369 e. The fraction of sp³-hybridized carbons (Fsp3) is 0.0833. The van der Waals surface area contributed by atoms with Gasteiger partial charge in [-0.2, -0.15) is 4.98 Å². The zero-order valence-electron chi connectivity index (χ0n) is 9.99. The van der Waals surface area contributed by atoms with E-state index >= 15 is 0 Å². The molecule has 0 aliphatic carbocycles. The van der Waals surface area contributed by atoms with E-state index in [-0.39, 0.29) is 22.7 Å². The van der Waals surface area contributed by atoms with E-state index in [2.05, 4.69) is 19.9 Å². The van der Waals surface area contributed by atoms with Crippen LogP contribution in [0.15, 0.2) is 23.0 Å². The molecule has 96 valence electrons. The van der Waals surface area contributed by atoms with Crippen LogP contribution >= 0.6 is 11.6 Å². The highest BCUT2D eigenvalue weighted by Crippen LogP contribution is 2.28. The van der Waals surface area contributed by atoms with Gasteiger partial charge in [-0.05, 0) is 18.6 Å². The number of halogens is 1. The zero-order chi connectivity index (χ0) is 13.6. The fourth-order valence-electron chi connectivity index (χ4n) is 1.88. The molecule has 0 aliphatic heterocycles. The quantitative estimate of drug-likeness (QED) is 0.631. The molecule has 3 rings (SSSR count). The van der Waals surface area contributed by atoms with E-state index in [9.17, 15) is 4.79 Å². The number of benzene rings is 1. The highest BCUT2D eigenvalue weighted by Gasteiger charge is 2.13. The Hall–Kier alpha value is -2.34. The van der Waals surface area contributed by atoms with Crippen LogP contribution in [0.3, 0.4) is 0 Å². The molecule has 0 unspecified atom stereocenters. The molecule has 19 heavy (non-hydrogen) atoms. The molecule has 0 fully saturated rings. The Kier molecular flexibility index (Phi) is 2.53. The van der Waals surface area contributed by atoms with Crippen LogP contribution < -0.4 is 11.3 Å². The van der Waals surface area contributed by atoms with Crippen molar-refractivity contribution in [2.24, 2.45) is 0 Å². The number of fused-ring (bicyclic) bond motifs is 1. The van der Waals surface area contributed by atoms with Crippen molar-refractivity contribution in [3.8, 4) is 11.4 Å². The second kappa shape index (κ2) is 4.10. The molecule has 0 atom stereocenters. The Morgan fingerprint density at radius 2 is 2.05 bits per heavy atom. The Labute approximate surface area is 112 Å². The first-order valence-electron chi connectivity index (χ1n) is 5.57. The highest BCUT2D eigenvalue weighted by molar-refractivity contribution is 6.34. The van der Waals surface area contributed by atoms with Crippen molar-refractivity contribution in [1.29, 1.82) is 0 Å². The summed E-state index contributed by atoms with van der Waals surface area (Å²) >= 11 is 6.24. The maximum absolute atomic E-state index is 11.7. The van der Waals surface area contributed by atoms with Gasteiger partial charge in [-0.15, -0.1) is 0 Å². The number of anilines is 1. The number of nitrogens with two attached hydrogens (primary N) is 1. The first kappa shape index (κ1) is 11.7. The molecule has 4 N–H and O–H groups in total. The Morgan fingerprint density at radius 3 is 2.84 bits per heavy atom. The maximum Gasteiger partial charge on any atom is 0.278 e. The van der Waals surface area contributed by atoms with Crippen LogP contribution in [0, 0.1) is 6.92 Å². The number of nitrogens with one attached hydrogen (secondary N) is 2. The van der Waals surface area contributed by atoms with Crippen LogP contribution in [0.4, 0.5) is 5.95 Å². The zero-order valence-corrected chi connectivity index (χ0v) is 10.7. The molecule has 0 aliphatic rings. The van der Waals surface area contributed by atoms with Gasteiger partial charge in [0, 0.05) is 5.56 Å². The molecule has 0 bridgehead atoms. The molecule has 0 saturated carbocycles. The number of H-pyrrole nitrogens is 2. The fourth-order valence-corrected chi connectivity index (χ4v) is 2.10. The van der Waals surface area contributed by atoms with E-state index in [0.717, 1.165) is 11.1 Å². The van der Waals surface area contributed by atoms with Gasteiger partial charge in [0.05, 0.1) is 5.02 Å². The first-order valence-corrected chi connectivity index (χ1v) is 5.95. The molecular weight excluding hydrogens is 266 g/mol. The molecule has 3 aromatic rings. The minimum absolute atomic E-state index is 0.0332. The van der Waals surface area contributed by atoms with Crippen LogP contribution in [-0.4, -0.2) is 19.9 Å². The number of nitrogens with zero attached hydrogens (tertiary/aromatic N) is 2. The monoisotopic (exact) mass is 275 g/mol. The standard InChI is InChI=1S/C12H10ClN5O/c1-5-3-2-4-6(7(5)13)9-15-8-10(16-9)17-12(14)18-11(8)19/h2-4H,1H3,(H4,14,15,16,17,18,19). The average Bonchev–Trinajstić information content (AvgIpc) is 2.76. The SMILES string of the molecule is Cc1cccc(-c2nc3nc(N)[nH]c(=O)c3[nH]2)c1Cl. The van der Waals surface area contributed by atoms with Crippen molar-refractivity contribution in [1.82, 2.24) is 19.9 Å². The van der Waals surface area contributed by atoms with Crippen LogP contribution in [0.25, 0.3) is 22.6 Å². The Morgan fingerprint density at radius 1 is 1.26 bits per heavy atom. The van der Waals surface area contributed by atoms with Crippen molar-refractivity contribution in [2.45, 2.75) is 6.92 Å². The summed E-state index contributed by atoms with van der Waals surface area (Å²) in [7, 11) is 0. The lowest BCUT2D eigenvalue weighted by Crippen LogP contribution is -2.10. The van der Waals surface area contributed by atoms with E-state index in [1.807, 2.05) is 25.1 Å². The van der Waals surface area contributed by atoms with E-state index in [4.69, 9.17) is 17.3 Å². The lowest BCUT2D eigenvalue weighted by molar-refractivity contribution is 1.17. The molecule has 1 aromatic carbocycles. The predicted octanol–water partition coefficient (Wildman–Crippen LogP) is 1.86. The molecular formula is C12H10ClN5O. The van der Waals surface area contributed by atoms with Gasteiger partial charge in [0.1, 0.15) is 5.82 Å². The second-order valence-electron chi connectivity index (χ2n) is 4.17. The number of aryl methyl sites for hydroxylation is 1. The number of nitrogen functional groups attached to an aromatic ring is 1. The van der Waals surface area contributed by atoms with Crippen molar-refractivity contribution in [3.05, 3.63) is 39.1 Å². The highest BCUT2D eigenvalue weighted by atomic mass is 35.5. The summed E-state index contributed by atoms with van der Waals surface area (Å²) in [4.78, 5) is 25.3. The summed E-state index contributed by atoms with van der Waals surface area (Å²) in [6, 6.07) is 5.60. The normalized spacial score (nSPS) is 11.1. The molecule has 2 aromatic heterocycles. The van der Waals surface area contributed by atoms with Crippen molar-refractivity contribution in [3.63, 3.8) is 0 Å². The number of aromatic nitrogens is 4. The summed E-state index contributed by atoms with van der Waals surface area (Å²) in [6.45, 7) is 1.90. The van der Waals surface area contributed by atoms with E-state index in [1.54, 1.807) is 0 Å². The molecule has 0 radical (unpaired) electrons. The summed E-state index contributed by atoms with van der Waals surface area (Å²) < 4.78 is 0. The third-order valence-corrected chi connectivity index (χ3v) is 3.33. The van der Waals surface area contributed by atoms with E-state index in [0.29, 0.717) is 10.8 Å². The molecule has 2 heterocycles. The number of aromatic amines is 2. The van der Waals surface area contributed by atoms with Crippen LogP contribution in [0.2, 0.25) is 5.02 Å². The largest absolute Gasteiger partial charge is 0.369 e. The van der Waals surface area contributed by atoms with Crippen molar-refractivity contribution >= 4 is 28.7 Å². The first-order chi connectivity index (χ1) is 9.06. The topological polar surface area (TPSA) is 100 Å². The summed E-state index contributed by atoms with van der Waals surface area (Å²) in [5.74, 6) is 0.526. The van der Waals surface area contributed by atoms with Gasteiger partial charge in [-0.1, -0.05) is 23.7 Å². The molecule has 0 saturated heterocycles. The number of imidazole rings is 1. The third-order valence-electron chi connectivity index (χ3n) is 2.83. The lowest BCUT2D eigenvalue weighted by Gasteiger charge is -2.02. The molecule has 0 amide bonds. The van der Waals surface area contributed by atoms with E-state index in [1.165, 1.54) is 0 Å². The number of rotatable bonds is 1. The molecule has 0 spiro atoms. The van der Waals surface area contributed by atoms with Crippen LogP contribution in [0.1, 0.15) is 5.56 Å². The van der Waals surface area contributed by atoms with Gasteiger partial charge >= 0.3 is 0 Å². The summed E-state index contributed by atoms with van der Waals surface area (Å²) in [5.41, 5.74) is 7.33. The lowest BCUT2D eigenvalue weighted by atomic mass is 10.1. The molecule has 6 nitrogen and oxygen atoms in total. The van der Waals surface area contributed by atoms with Crippen LogP contribution in [0.5, 0.6) is 0 Å². The van der Waals surface area contributed by atoms with Gasteiger partial charge < -0.3 is 10.7 Å². The summed E-state index contributed by atoms with van der Waals surface area (Å²) in [6.07, 6.45) is 0. The van der Waals surface area contributed by atoms with E-state index < -0.39 is 0 Å². The van der Waals surface area contributed by atoms with Gasteiger partial charge in [-0.25, -0.2) is 4.98 Å². The second-order valence-corrected chi connectivity index (χ2v) is 4.55. The molecule has 7 heteroatoms. The van der Waals surface area contributed by atoms with Gasteiger partial charge in [-0.3, -0.25) is 9.78 Å².